The highest BCUT2D eigenvalue weighted by atomic mass is 19.4. The average Bonchev–Trinajstić information content (AvgIpc) is 2.28. The van der Waals surface area contributed by atoms with Crippen LogP contribution >= 0.6 is 0 Å². The van der Waals surface area contributed by atoms with E-state index in [2.05, 4.69) is 23.5 Å². The molecule has 0 bridgehead atoms. The Morgan fingerprint density at radius 2 is 1.65 bits per heavy atom. The maximum atomic E-state index is 12.1. The summed E-state index contributed by atoms with van der Waals surface area (Å²) in [6.07, 6.45) is -3.38. The lowest BCUT2D eigenvalue weighted by molar-refractivity contribution is -0.274. The number of alkyl halides is 3. The number of benzene rings is 1. The van der Waals surface area contributed by atoms with Crippen LogP contribution in [-0.4, -0.2) is 24.4 Å². The molecule has 0 amide bonds. The highest BCUT2D eigenvalue weighted by Gasteiger charge is 2.31. The van der Waals surface area contributed by atoms with Crippen LogP contribution in [0.2, 0.25) is 0 Å². The van der Waals surface area contributed by atoms with Gasteiger partial charge in [0.05, 0.1) is 0 Å². The number of halogens is 3. The van der Waals surface area contributed by atoms with Crippen molar-refractivity contribution in [2.75, 3.05) is 13.1 Å². The zero-order valence-corrected chi connectivity index (χ0v) is 11.8. The van der Waals surface area contributed by atoms with Gasteiger partial charge in [0, 0.05) is 19.6 Å². The molecule has 1 saturated heterocycles. The maximum absolute atomic E-state index is 12.1. The van der Waals surface area contributed by atoms with Crippen LogP contribution in [0.15, 0.2) is 24.3 Å². The third-order valence-corrected chi connectivity index (χ3v) is 3.51. The van der Waals surface area contributed by atoms with E-state index in [1.807, 2.05) is 0 Å². The van der Waals surface area contributed by atoms with Crippen molar-refractivity contribution in [3.05, 3.63) is 29.8 Å². The molecule has 1 fully saturated rings. The van der Waals surface area contributed by atoms with Gasteiger partial charge in [0.1, 0.15) is 5.75 Å². The van der Waals surface area contributed by atoms with Crippen LogP contribution in [0.25, 0.3) is 0 Å². The van der Waals surface area contributed by atoms with Gasteiger partial charge in [0.15, 0.2) is 0 Å². The van der Waals surface area contributed by atoms with Crippen molar-refractivity contribution >= 4 is 0 Å². The van der Waals surface area contributed by atoms with Crippen LogP contribution < -0.4 is 4.74 Å². The molecule has 0 unspecified atom stereocenters. The largest absolute Gasteiger partial charge is 0.573 e. The van der Waals surface area contributed by atoms with E-state index in [-0.39, 0.29) is 5.75 Å². The van der Waals surface area contributed by atoms with Gasteiger partial charge >= 0.3 is 6.36 Å². The van der Waals surface area contributed by atoms with Gasteiger partial charge in [0.25, 0.3) is 0 Å². The highest BCUT2D eigenvalue weighted by molar-refractivity contribution is 5.27. The van der Waals surface area contributed by atoms with E-state index in [0.717, 1.165) is 25.2 Å². The fraction of sp³-hybridized carbons (Fsp3) is 0.600. The molecule has 1 aliphatic rings. The molecule has 2 atom stereocenters. The lowest BCUT2D eigenvalue weighted by Crippen LogP contribution is -2.38. The van der Waals surface area contributed by atoms with Crippen molar-refractivity contribution < 1.29 is 17.9 Å². The summed E-state index contributed by atoms with van der Waals surface area (Å²) in [4.78, 5) is 2.36. The van der Waals surface area contributed by atoms with Crippen LogP contribution in [0, 0.1) is 11.8 Å². The lowest BCUT2D eigenvalue weighted by Gasteiger charge is -2.35. The molecule has 2 nitrogen and oxygen atoms in total. The summed E-state index contributed by atoms with van der Waals surface area (Å²) < 4.78 is 40.1. The summed E-state index contributed by atoms with van der Waals surface area (Å²) in [6.45, 7) is 7.35. The molecular formula is C15H20F3NO. The molecule has 0 radical (unpaired) electrons. The van der Waals surface area contributed by atoms with Gasteiger partial charge in [-0.2, -0.15) is 0 Å². The maximum Gasteiger partial charge on any atom is 0.573 e. The Labute approximate surface area is 117 Å². The Balaban J connectivity index is 1.93. The number of piperidine rings is 1. The Bertz CT molecular complexity index is 420. The zero-order chi connectivity index (χ0) is 14.8. The summed E-state index contributed by atoms with van der Waals surface area (Å²) in [5, 5.41) is 0. The SMILES string of the molecule is C[C@@H]1C[C@H](C)CN(Cc2ccc(OC(F)(F)F)cc2)C1. The third-order valence-electron chi connectivity index (χ3n) is 3.51. The third kappa shape index (κ3) is 4.71. The summed E-state index contributed by atoms with van der Waals surface area (Å²) in [7, 11) is 0. The highest BCUT2D eigenvalue weighted by Crippen LogP contribution is 2.25. The molecule has 0 N–H and O–H groups in total. The Morgan fingerprint density at radius 3 is 2.15 bits per heavy atom. The molecule has 1 aromatic carbocycles. The van der Waals surface area contributed by atoms with E-state index < -0.39 is 6.36 Å². The van der Waals surface area contributed by atoms with Gasteiger partial charge in [-0.3, -0.25) is 4.90 Å². The second-order valence-electron chi connectivity index (χ2n) is 5.83. The number of ether oxygens (including phenoxy) is 1. The van der Waals surface area contributed by atoms with Crippen molar-refractivity contribution in [3.8, 4) is 5.75 Å². The van der Waals surface area contributed by atoms with E-state index in [0.29, 0.717) is 11.8 Å². The van der Waals surface area contributed by atoms with Crippen LogP contribution in [0.5, 0.6) is 5.75 Å². The lowest BCUT2D eigenvalue weighted by atomic mass is 9.91. The average molecular weight is 287 g/mol. The molecule has 0 aliphatic carbocycles. The van der Waals surface area contributed by atoms with Crippen LogP contribution in [0.1, 0.15) is 25.8 Å². The van der Waals surface area contributed by atoms with Crippen molar-refractivity contribution in [2.24, 2.45) is 11.8 Å². The summed E-state index contributed by atoms with van der Waals surface area (Å²) >= 11 is 0. The van der Waals surface area contributed by atoms with Gasteiger partial charge in [-0.05, 0) is 36.0 Å². The smallest absolute Gasteiger partial charge is 0.406 e. The molecule has 1 aromatic rings. The Hall–Kier alpha value is -1.23. The number of hydrogen-bond donors (Lipinski definition) is 0. The van der Waals surface area contributed by atoms with Gasteiger partial charge in [-0.1, -0.05) is 26.0 Å². The first-order valence-electron chi connectivity index (χ1n) is 6.89. The van der Waals surface area contributed by atoms with E-state index >= 15 is 0 Å². The van der Waals surface area contributed by atoms with Crippen LogP contribution in [-0.2, 0) is 6.54 Å². The van der Waals surface area contributed by atoms with Crippen molar-refractivity contribution in [1.29, 1.82) is 0 Å². The Morgan fingerprint density at radius 1 is 1.10 bits per heavy atom. The van der Waals surface area contributed by atoms with E-state index in [1.54, 1.807) is 12.1 Å². The topological polar surface area (TPSA) is 12.5 Å². The first-order valence-corrected chi connectivity index (χ1v) is 6.89. The summed E-state index contributed by atoms with van der Waals surface area (Å²) in [5.41, 5.74) is 1.01. The molecule has 112 valence electrons. The van der Waals surface area contributed by atoms with Gasteiger partial charge in [-0.25, -0.2) is 0 Å². The minimum atomic E-state index is -4.63. The van der Waals surface area contributed by atoms with E-state index in [4.69, 9.17) is 0 Å². The van der Waals surface area contributed by atoms with Gasteiger partial charge < -0.3 is 4.74 Å². The van der Waals surface area contributed by atoms with Crippen molar-refractivity contribution in [2.45, 2.75) is 33.2 Å². The Kier molecular flexibility index (Phi) is 4.58. The first kappa shape index (κ1) is 15.2. The minimum absolute atomic E-state index is 0.165. The number of nitrogens with zero attached hydrogens (tertiary/aromatic N) is 1. The summed E-state index contributed by atoms with van der Waals surface area (Å²) in [6, 6.07) is 6.15. The molecule has 0 aromatic heterocycles. The predicted molar refractivity (Wildman–Crippen MR) is 71.3 cm³/mol. The quantitative estimate of drug-likeness (QED) is 0.831. The van der Waals surface area contributed by atoms with Gasteiger partial charge in [-0.15, -0.1) is 13.2 Å². The van der Waals surface area contributed by atoms with Crippen LogP contribution in [0.3, 0.4) is 0 Å². The molecular weight excluding hydrogens is 267 g/mol. The molecule has 20 heavy (non-hydrogen) atoms. The fourth-order valence-corrected chi connectivity index (χ4v) is 2.98. The number of likely N-dealkylation sites (tertiary alicyclic amines) is 1. The van der Waals surface area contributed by atoms with Crippen LogP contribution in [0.4, 0.5) is 13.2 Å². The predicted octanol–water partition coefficient (Wildman–Crippen LogP) is 4.06. The fourth-order valence-electron chi connectivity index (χ4n) is 2.98. The normalized spacial score (nSPS) is 24.6. The summed E-state index contributed by atoms with van der Waals surface area (Å²) in [5.74, 6) is 1.18. The zero-order valence-electron chi connectivity index (χ0n) is 11.8. The standard InChI is InChI=1S/C15H20F3NO/c1-11-7-12(2)9-19(8-11)10-13-3-5-14(6-4-13)20-15(16,17)18/h3-6,11-12H,7-10H2,1-2H3/t11-,12+. The molecule has 5 heteroatoms. The number of rotatable bonds is 3. The van der Waals surface area contributed by atoms with Crippen molar-refractivity contribution in [1.82, 2.24) is 4.90 Å². The molecule has 1 aliphatic heterocycles. The molecule has 0 saturated carbocycles. The monoisotopic (exact) mass is 287 g/mol. The molecule has 2 rings (SSSR count). The first-order chi connectivity index (χ1) is 9.32. The van der Waals surface area contributed by atoms with Gasteiger partial charge in [0.2, 0.25) is 0 Å². The van der Waals surface area contributed by atoms with E-state index in [9.17, 15) is 13.2 Å². The second-order valence-corrected chi connectivity index (χ2v) is 5.83. The minimum Gasteiger partial charge on any atom is -0.406 e. The molecule has 0 spiro atoms. The van der Waals surface area contributed by atoms with E-state index in [1.165, 1.54) is 18.6 Å². The second kappa shape index (κ2) is 6.04. The number of hydrogen-bond acceptors (Lipinski definition) is 2. The van der Waals surface area contributed by atoms with Crippen molar-refractivity contribution in [3.63, 3.8) is 0 Å². The molecule has 1 heterocycles.